The highest BCUT2D eigenvalue weighted by Crippen LogP contribution is 2.16. The van der Waals surface area contributed by atoms with Crippen LogP contribution in [0.15, 0.2) is 48.5 Å². The maximum absolute atomic E-state index is 5.61. The van der Waals surface area contributed by atoms with Crippen LogP contribution in [0.5, 0.6) is 0 Å². The van der Waals surface area contributed by atoms with E-state index in [1.54, 1.807) is 4.90 Å². The first-order valence-corrected chi connectivity index (χ1v) is 9.63. The van der Waals surface area contributed by atoms with Crippen LogP contribution >= 0.6 is 12.2 Å². The van der Waals surface area contributed by atoms with Gasteiger partial charge in [-0.3, -0.25) is 0 Å². The van der Waals surface area contributed by atoms with Crippen molar-refractivity contribution in [3.05, 3.63) is 65.2 Å². The van der Waals surface area contributed by atoms with Crippen LogP contribution in [0.4, 0.5) is 5.69 Å². The topological polar surface area (TPSA) is 37.7 Å². The van der Waals surface area contributed by atoms with Gasteiger partial charge in [0.15, 0.2) is 5.11 Å². The minimum absolute atomic E-state index is 0.174. The van der Waals surface area contributed by atoms with Crippen LogP contribution in [-0.2, 0) is 4.74 Å². The number of benzene rings is 2. The molecule has 4 nitrogen and oxygen atoms in total. The lowest BCUT2D eigenvalue weighted by molar-refractivity contribution is -0.909. The van der Waals surface area contributed by atoms with Gasteiger partial charge in [-0.1, -0.05) is 48.0 Å². The molecule has 1 saturated heterocycles. The predicted molar refractivity (Wildman–Crippen MR) is 111 cm³/mol. The van der Waals surface area contributed by atoms with Crippen molar-refractivity contribution in [2.24, 2.45) is 0 Å². The first-order chi connectivity index (χ1) is 12.6. The normalized spacial score (nSPS) is 16.1. The zero-order valence-corrected chi connectivity index (χ0v) is 16.4. The molecule has 2 aromatic carbocycles. The van der Waals surface area contributed by atoms with Crippen LogP contribution in [-0.4, -0.2) is 38.0 Å². The molecule has 0 aromatic heterocycles. The Morgan fingerprint density at radius 1 is 1.08 bits per heavy atom. The maximum atomic E-state index is 5.61. The van der Waals surface area contributed by atoms with E-state index in [1.807, 2.05) is 12.1 Å². The van der Waals surface area contributed by atoms with E-state index < -0.39 is 0 Å². The van der Waals surface area contributed by atoms with Crippen molar-refractivity contribution in [1.29, 1.82) is 0 Å². The van der Waals surface area contributed by atoms with Crippen molar-refractivity contribution >= 4 is 23.0 Å². The molecule has 0 bridgehead atoms. The van der Waals surface area contributed by atoms with E-state index in [9.17, 15) is 0 Å². The van der Waals surface area contributed by atoms with Gasteiger partial charge in [0.05, 0.1) is 13.2 Å². The number of hydrogen-bond acceptors (Lipinski definition) is 2. The maximum Gasteiger partial charge on any atom is 0.171 e. The molecule has 0 saturated carbocycles. The summed E-state index contributed by atoms with van der Waals surface area (Å²) in [6, 6.07) is 17.1. The van der Waals surface area contributed by atoms with Gasteiger partial charge in [-0.2, -0.15) is 0 Å². The number of nitrogens with one attached hydrogen (secondary N) is 3. The van der Waals surface area contributed by atoms with Crippen molar-refractivity contribution in [3.63, 3.8) is 0 Å². The predicted octanol–water partition coefficient (Wildman–Crippen LogP) is 2.25. The van der Waals surface area contributed by atoms with Gasteiger partial charge in [0.1, 0.15) is 25.7 Å². The van der Waals surface area contributed by atoms with Crippen molar-refractivity contribution in [3.8, 4) is 0 Å². The Morgan fingerprint density at radius 2 is 1.77 bits per heavy atom. The second-order valence-corrected chi connectivity index (χ2v) is 7.35. The Bertz CT molecular complexity index is 726. The average Bonchev–Trinajstić information content (AvgIpc) is 2.65. The lowest BCUT2D eigenvalue weighted by atomic mass is 10.0. The van der Waals surface area contributed by atoms with Gasteiger partial charge in [-0.15, -0.1) is 0 Å². The van der Waals surface area contributed by atoms with E-state index in [0.29, 0.717) is 5.11 Å². The second kappa shape index (κ2) is 9.12. The summed E-state index contributed by atoms with van der Waals surface area (Å²) < 4.78 is 5.50. The Balaban J connectivity index is 1.70. The molecule has 0 radical (unpaired) electrons. The Morgan fingerprint density at radius 3 is 2.46 bits per heavy atom. The summed E-state index contributed by atoms with van der Waals surface area (Å²) in [5.41, 5.74) is 4.77. The fraction of sp³-hybridized carbons (Fsp3) is 0.381. The SMILES string of the molecule is Cc1ccc([C@@H](C[NH+]2CCOCC2)NC(=S)Nc2ccccc2C)cc1. The van der Waals surface area contributed by atoms with Gasteiger partial charge >= 0.3 is 0 Å². The van der Waals surface area contributed by atoms with Crippen molar-refractivity contribution in [1.82, 2.24) is 5.32 Å². The number of thiocarbonyl (C=S) groups is 1. The highest BCUT2D eigenvalue weighted by atomic mass is 32.1. The third kappa shape index (κ3) is 5.27. The van der Waals surface area contributed by atoms with Crippen LogP contribution in [0.2, 0.25) is 0 Å². The van der Waals surface area contributed by atoms with E-state index in [2.05, 4.69) is 60.9 Å². The first kappa shape index (κ1) is 18.8. The first-order valence-electron chi connectivity index (χ1n) is 9.23. The minimum Gasteiger partial charge on any atom is -0.370 e. The van der Waals surface area contributed by atoms with E-state index in [1.165, 1.54) is 16.7 Å². The molecule has 0 spiro atoms. The van der Waals surface area contributed by atoms with E-state index in [0.717, 1.165) is 38.5 Å². The summed E-state index contributed by atoms with van der Waals surface area (Å²) in [5.74, 6) is 0. The Labute approximate surface area is 161 Å². The average molecular weight is 371 g/mol. The molecule has 3 rings (SSSR count). The smallest absolute Gasteiger partial charge is 0.171 e. The number of morpholine rings is 1. The second-order valence-electron chi connectivity index (χ2n) is 6.94. The summed E-state index contributed by atoms with van der Waals surface area (Å²) in [6.07, 6.45) is 0. The van der Waals surface area contributed by atoms with Crippen molar-refractivity contribution in [2.75, 3.05) is 38.2 Å². The fourth-order valence-corrected chi connectivity index (χ4v) is 3.49. The zero-order chi connectivity index (χ0) is 18.4. The van der Waals surface area contributed by atoms with Crippen LogP contribution in [0, 0.1) is 13.8 Å². The summed E-state index contributed by atoms with van der Waals surface area (Å²) >= 11 is 5.61. The lowest BCUT2D eigenvalue weighted by Crippen LogP contribution is -3.14. The molecule has 1 aliphatic heterocycles. The van der Waals surface area contributed by atoms with Gasteiger partial charge in [-0.25, -0.2) is 0 Å². The van der Waals surface area contributed by atoms with Crippen molar-refractivity contribution < 1.29 is 9.64 Å². The molecule has 26 heavy (non-hydrogen) atoms. The third-order valence-corrected chi connectivity index (χ3v) is 5.09. The number of aryl methyl sites for hydroxylation is 2. The van der Waals surface area contributed by atoms with Gasteiger partial charge in [0, 0.05) is 5.69 Å². The van der Waals surface area contributed by atoms with Crippen LogP contribution < -0.4 is 15.5 Å². The largest absolute Gasteiger partial charge is 0.370 e. The molecular formula is C21H28N3OS+. The number of ether oxygens (including phenoxy) is 1. The molecule has 138 valence electrons. The molecule has 0 unspecified atom stereocenters. The molecule has 3 N–H and O–H groups in total. The van der Waals surface area contributed by atoms with Crippen LogP contribution in [0.1, 0.15) is 22.7 Å². The summed E-state index contributed by atoms with van der Waals surface area (Å²) in [5, 5.41) is 7.54. The van der Waals surface area contributed by atoms with Crippen LogP contribution in [0.25, 0.3) is 0 Å². The monoisotopic (exact) mass is 370 g/mol. The number of para-hydroxylation sites is 1. The zero-order valence-electron chi connectivity index (χ0n) is 15.5. The molecular weight excluding hydrogens is 342 g/mol. The third-order valence-electron chi connectivity index (χ3n) is 4.87. The van der Waals surface area contributed by atoms with E-state index in [4.69, 9.17) is 17.0 Å². The fourth-order valence-electron chi connectivity index (χ4n) is 3.23. The summed E-state index contributed by atoms with van der Waals surface area (Å²) in [7, 11) is 0. The number of anilines is 1. The van der Waals surface area contributed by atoms with Crippen molar-refractivity contribution in [2.45, 2.75) is 19.9 Å². The molecule has 2 aromatic rings. The van der Waals surface area contributed by atoms with Gasteiger partial charge in [0.25, 0.3) is 0 Å². The van der Waals surface area contributed by atoms with E-state index >= 15 is 0 Å². The molecule has 1 aliphatic rings. The molecule has 1 atom stereocenters. The highest BCUT2D eigenvalue weighted by Gasteiger charge is 2.22. The quantitative estimate of drug-likeness (QED) is 0.706. The van der Waals surface area contributed by atoms with Crippen LogP contribution in [0.3, 0.4) is 0 Å². The Kier molecular flexibility index (Phi) is 6.61. The highest BCUT2D eigenvalue weighted by molar-refractivity contribution is 7.80. The Hall–Kier alpha value is -1.95. The molecule has 1 heterocycles. The summed E-state index contributed by atoms with van der Waals surface area (Å²) in [4.78, 5) is 1.55. The van der Waals surface area contributed by atoms with Gasteiger partial charge in [-0.05, 0) is 43.3 Å². The van der Waals surface area contributed by atoms with E-state index in [-0.39, 0.29) is 6.04 Å². The lowest BCUT2D eigenvalue weighted by Gasteiger charge is -2.29. The van der Waals surface area contributed by atoms with Gasteiger partial charge < -0.3 is 20.3 Å². The number of rotatable bonds is 5. The molecule has 0 aliphatic carbocycles. The molecule has 0 amide bonds. The van der Waals surface area contributed by atoms with Gasteiger partial charge in [0.2, 0.25) is 0 Å². The number of hydrogen-bond donors (Lipinski definition) is 3. The molecule has 5 heteroatoms. The minimum atomic E-state index is 0.174. The summed E-state index contributed by atoms with van der Waals surface area (Å²) in [6.45, 7) is 8.94. The molecule has 1 fully saturated rings. The standard InChI is InChI=1S/C21H27N3OS/c1-16-7-9-18(10-8-16)20(15-24-11-13-25-14-12-24)23-21(26)22-19-6-4-3-5-17(19)2/h3-10,20H,11-15H2,1-2H3,(H2,22,23,26)/p+1/t20-/m1/s1. The number of quaternary nitrogens is 1.